The molecule has 0 spiro atoms. The summed E-state index contributed by atoms with van der Waals surface area (Å²) in [6.07, 6.45) is 5.61. The molecular weight excluding hydrogens is 488 g/mol. The van der Waals surface area contributed by atoms with Gasteiger partial charge < -0.3 is 34.4 Å². The Bertz CT molecular complexity index is 1270. The van der Waals surface area contributed by atoms with E-state index in [4.69, 9.17) is 24.1 Å². The number of esters is 1. The number of carbonyl (C=O) groups excluding carboxylic acids is 2. The van der Waals surface area contributed by atoms with E-state index in [1.54, 1.807) is 25.3 Å². The quantitative estimate of drug-likeness (QED) is 0.244. The molecule has 0 aliphatic carbocycles. The van der Waals surface area contributed by atoms with E-state index in [2.05, 4.69) is 10.3 Å². The lowest BCUT2D eigenvalue weighted by Gasteiger charge is -2.29. The lowest BCUT2D eigenvalue weighted by molar-refractivity contribution is -0.146. The summed E-state index contributed by atoms with van der Waals surface area (Å²) in [5, 5.41) is 13.0. The summed E-state index contributed by atoms with van der Waals surface area (Å²) in [4.78, 5) is 28.1. The third-order valence-corrected chi connectivity index (χ3v) is 6.55. The molecule has 1 aliphatic heterocycles. The van der Waals surface area contributed by atoms with Crippen molar-refractivity contribution in [2.75, 3.05) is 34.0 Å². The molecule has 0 radical (unpaired) electrons. The number of hydrogen-bond acceptors (Lipinski definition) is 7. The van der Waals surface area contributed by atoms with Crippen LogP contribution in [0.3, 0.4) is 0 Å². The monoisotopic (exact) mass is 522 g/mol. The van der Waals surface area contributed by atoms with Gasteiger partial charge in [-0.3, -0.25) is 4.79 Å². The highest BCUT2D eigenvalue weighted by atomic mass is 16.7. The van der Waals surface area contributed by atoms with Crippen molar-refractivity contribution in [1.82, 2.24) is 10.3 Å². The number of H-pyrrole nitrogens is 1. The van der Waals surface area contributed by atoms with Gasteiger partial charge in [0.1, 0.15) is 5.75 Å². The number of amides is 1. The highest BCUT2D eigenvalue weighted by Gasteiger charge is 2.29. The minimum Gasteiger partial charge on any atom is -0.497 e. The molecule has 0 bridgehead atoms. The number of hydrogen-bond donors (Lipinski definition) is 3. The molecule has 4 rings (SSSR count). The zero-order valence-corrected chi connectivity index (χ0v) is 21.7. The zero-order chi connectivity index (χ0) is 26.9. The summed E-state index contributed by atoms with van der Waals surface area (Å²) < 4.78 is 21.9. The number of aliphatic hydroxyl groups excluding tert-OH is 1. The number of nitrogens with one attached hydrogen (secondary N) is 2. The van der Waals surface area contributed by atoms with E-state index < -0.39 is 12.3 Å². The van der Waals surface area contributed by atoms with Crippen molar-refractivity contribution in [2.24, 2.45) is 0 Å². The Balaban J connectivity index is 1.44. The zero-order valence-electron chi connectivity index (χ0n) is 21.7. The Kier molecular flexibility index (Phi) is 9.40. The molecule has 3 aromatic rings. The average molecular weight is 523 g/mol. The number of ether oxygens (including phenoxy) is 4. The Morgan fingerprint density at radius 3 is 2.68 bits per heavy atom. The van der Waals surface area contributed by atoms with Crippen LogP contribution in [0.4, 0.5) is 0 Å². The first-order valence-electron chi connectivity index (χ1n) is 12.7. The second-order valence-electron chi connectivity index (χ2n) is 9.07. The fraction of sp³-hybridized carbons (Fsp3) is 0.379. The van der Waals surface area contributed by atoms with E-state index >= 15 is 0 Å². The van der Waals surface area contributed by atoms with Crippen LogP contribution in [-0.2, 0) is 25.4 Å². The summed E-state index contributed by atoms with van der Waals surface area (Å²) in [5.41, 5.74) is 3.47. The number of fused-ring (bicyclic) bond motifs is 1. The normalized spacial score (nSPS) is 17.0. The molecule has 38 heavy (non-hydrogen) atoms. The van der Waals surface area contributed by atoms with Crippen LogP contribution in [0.1, 0.15) is 46.7 Å². The van der Waals surface area contributed by atoms with Crippen molar-refractivity contribution in [2.45, 2.75) is 37.9 Å². The van der Waals surface area contributed by atoms with Crippen molar-refractivity contribution in [3.05, 3.63) is 77.2 Å². The van der Waals surface area contributed by atoms with E-state index in [-0.39, 0.29) is 24.2 Å². The molecule has 2 atom stereocenters. The van der Waals surface area contributed by atoms with E-state index in [0.29, 0.717) is 44.4 Å². The van der Waals surface area contributed by atoms with Crippen molar-refractivity contribution in [3.8, 4) is 5.75 Å². The first-order chi connectivity index (χ1) is 18.5. The minimum atomic E-state index is -0.606. The first-order valence-corrected chi connectivity index (χ1v) is 12.7. The maximum absolute atomic E-state index is 13.1. The molecule has 2 aromatic carbocycles. The number of carbonyl (C=O) groups is 2. The molecule has 1 amide bonds. The lowest BCUT2D eigenvalue weighted by Crippen LogP contribution is -2.34. The second kappa shape index (κ2) is 13.1. The molecule has 2 heterocycles. The molecule has 3 N–H and O–H groups in total. The number of unbranched alkanes of at least 4 members (excludes halogenated alkanes) is 1. The largest absolute Gasteiger partial charge is 0.497 e. The van der Waals surface area contributed by atoms with Crippen LogP contribution in [0.15, 0.2) is 60.5 Å². The molecule has 1 aliphatic rings. The maximum Gasteiger partial charge on any atom is 0.337 e. The van der Waals surface area contributed by atoms with Gasteiger partial charge in [-0.05, 0) is 66.8 Å². The van der Waals surface area contributed by atoms with Gasteiger partial charge in [0.05, 0.1) is 26.4 Å². The van der Waals surface area contributed by atoms with Crippen LogP contribution in [0.2, 0.25) is 0 Å². The second-order valence-corrected chi connectivity index (χ2v) is 9.07. The van der Waals surface area contributed by atoms with Gasteiger partial charge in [-0.15, -0.1) is 0 Å². The fourth-order valence-electron chi connectivity index (χ4n) is 4.45. The van der Waals surface area contributed by atoms with Gasteiger partial charge in [-0.25, -0.2) is 4.79 Å². The van der Waals surface area contributed by atoms with Gasteiger partial charge in [0.25, 0.3) is 5.91 Å². The van der Waals surface area contributed by atoms with Crippen LogP contribution < -0.4 is 10.1 Å². The van der Waals surface area contributed by atoms with Crippen LogP contribution in [0, 0.1) is 0 Å². The number of methoxy groups -OCH3 is 2. The summed E-state index contributed by atoms with van der Waals surface area (Å²) in [6.45, 7) is 0.934. The summed E-state index contributed by atoms with van der Waals surface area (Å²) in [6, 6.07) is 13.0. The van der Waals surface area contributed by atoms with Crippen molar-refractivity contribution in [1.29, 1.82) is 0 Å². The third-order valence-electron chi connectivity index (χ3n) is 6.55. The molecule has 2 unspecified atom stereocenters. The summed E-state index contributed by atoms with van der Waals surface area (Å²) >= 11 is 0. The minimum absolute atomic E-state index is 0.0980. The van der Waals surface area contributed by atoms with E-state index in [1.165, 1.54) is 7.11 Å². The van der Waals surface area contributed by atoms with Gasteiger partial charge >= 0.3 is 5.97 Å². The van der Waals surface area contributed by atoms with Crippen molar-refractivity contribution in [3.63, 3.8) is 0 Å². The van der Waals surface area contributed by atoms with Gasteiger partial charge in [-0.1, -0.05) is 12.1 Å². The molecule has 0 fully saturated rings. The van der Waals surface area contributed by atoms with Crippen LogP contribution in [-0.4, -0.2) is 62.2 Å². The topological polar surface area (TPSA) is 119 Å². The first kappa shape index (κ1) is 27.2. The highest BCUT2D eigenvalue weighted by Crippen LogP contribution is 2.32. The van der Waals surface area contributed by atoms with Crippen LogP contribution in [0.25, 0.3) is 10.9 Å². The molecule has 1 aromatic heterocycles. The lowest BCUT2D eigenvalue weighted by atomic mass is 9.92. The number of aliphatic hydroxyl groups is 1. The highest BCUT2D eigenvalue weighted by molar-refractivity contribution is 5.92. The SMILES string of the molecule is COC(=O)c1ccc(C2C=C(C(=O)NCCc3c[nH]c4ccc(OC)cc34)OC(OCCCCO)C2)cc1. The summed E-state index contributed by atoms with van der Waals surface area (Å²) in [7, 11) is 2.98. The van der Waals surface area contributed by atoms with Crippen molar-refractivity contribution < 1.29 is 33.6 Å². The third kappa shape index (κ3) is 6.73. The average Bonchev–Trinajstić information content (AvgIpc) is 3.36. The van der Waals surface area contributed by atoms with Crippen molar-refractivity contribution >= 4 is 22.8 Å². The number of aromatic nitrogens is 1. The predicted molar refractivity (Wildman–Crippen MR) is 142 cm³/mol. The number of allylic oxidation sites excluding steroid dienone is 1. The maximum atomic E-state index is 13.1. The Labute approximate surface area is 221 Å². The smallest absolute Gasteiger partial charge is 0.337 e. The number of benzene rings is 2. The van der Waals surface area contributed by atoms with Gasteiger partial charge in [0.2, 0.25) is 6.29 Å². The van der Waals surface area contributed by atoms with Gasteiger partial charge in [0.15, 0.2) is 5.76 Å². The van der Waals surface area contributed by atoms with E-state index in [1.807, 2.05) is 36.5 Å². The van der Waals surface area contributed by atoms with Crippen LogP contribution >= 0.6 is 0 Å². The predicted octanol–water partition coefficient (Wildman–Crippen LogP) is 3.83. The Hall–Kier alpha value is -3.82. The van der Waals surface area contributed by atoms with E-state index in [0.717, 1.165) is 27.8 Å². The number of rotatable bonds is 12. The molecule has 0 saturated heterocycles. The van der Waals surface area contributed by atoms with Gasteiger partial charge in [0, 0.05) is 42.6 Å². The Morgan fingerprint density at radius 1 is 1.13 bits per heavy atom. The molecule has 0 saturated carbocycles. The van der Waals surface area contributed by atoms with Crippen LogP contribution in [0.5, 0.6) is 5.75 Å². The summed E-state index contributed by atoms with van der Waals surface area (Å²) in [5.74, 6) is 0.116. The molecule has 9 nitrogen and oxygen atoms in total. The molecule has 202 valence electrons. The van der Waals surface area contributed by atoms with E-state index in [9.17, 15) is 9.59 Å². The number of aromatic amines is 1. The molecule has 9 heteroatoms. The fourth-order valence-corrected chi connectivity index (χ4v) is 4.45. The molecular formula is C29H34N2O7. The Morgan fingerprint density at radius 2 is 1.95 bits per heavy atom. The standard InChI is InChI=1S/C29H34N2O7/c1-35-23-9-10-25-24(17-23)21(18-31-25)11-12-30-28(33)26-15-22(16-27(38-26)37-14-4-3-13-32)19-5-7-20(8-6-19)29(34)36-2/h5-10,15,17-18,22,27,31-32H,3-4,11-14,16H2,1-2H3,(H,30,33). The van der Waals surface area contributed by atoms with Gasteiger partial charge in [-0.2, -0.15) is 0 Å².